The summed E-state index contributed by atoms with van der Waals surface area (Å²) in [5, 5.41) is 0. The summed E-state index contributed by atoms with van der Waals surface area (Å²) in [4.78, 5) is 44.5. The van der Waals surface area contributed by atoms with Gasteiger partial charge in [-0.15, -0.1) is 0 Å². The van der Waals surface area contributed by atoms with Gasteiger partial charge >= 0.3 is 15.8 Å². The van der Waals surface area contributed by atoms with E-state index in [2.05, 4.69) is 4.99 Å². The van der Waals surface area contributed by atoms with E-state index in [1.165, 1.54) is 42.9 Å². The van der Waals surface area contributed by atoms with Gasteiger partial charge in [-0.2, -0.15) is 8.42 Å². The summed E-state index contributed by atoms with van der Waals surface area (Å²) in [5.41, 5.74) is 2.35. The highest BCUT2D eigenvalue weighted by Gasteiger charge is 2.47. The molecule has 1 aliphatic heterocycles. The molecule has 2 aliphatic rings. The van der Waals surface area contributed by atoms with Crippen molar-refractivity contribution in [2.75, 3.05) is 0 Å². The Morgan fingerprint density at radius 3 is 2.10 bits per heavy atom. The molecule has 2 heterocycles. The van der Waals surface area contributed by atoms with Crippen LogP contribution < -0.4 is 15.4 Å². The van der Waals surface area contributed by atoms with Crippen LogP contribution in [0, 0.1) is 12.8 Å². The maximum Gasteiger partial charge on any atom is 0.339 e. The molecule has 1 aromatic heterocycles. The fraction of sp³-hybridized carbons (Fsp3) is 0.172. The number of carbonyl (C=O) groups is 1. The molecule has 3 aromatic carbocycles. The molecule has 2 atom stereocenters. The van der Waals surface area contributed by atoms with Crippen molar-refractivity contribution in [3.63, 3.8) is 0 Å². The van der Waals surface area contributed by atoms with Crippen molar-refractivity contribution in [2.45, 2.75) is 17.7 Å². The zero-order valence-corrected chi connectivity index (χ0v) is 22.1. The van der Waals surface area contributed by atoms with Crippen LogP contribution in [-0.4, -0.2) is 29.0 Å². The van der Waals surface area contributed by atoms with Crippen LogP contribution in [0.25, 0.3) is 0 Å². The maximum absolute atomic E-state index is 13.6. The summed E-state index contributed by atoms with van der Waals surface area (Å²) in [6, 6.07) is 19.7. The minimum Gasteiger partial charge on any atom is -0.379 e. The SMILES string of the molecule is Cc1ccc(S(=O)(=O)Oc2ccc([C@@H]3c4c(n(C)c(=O)n(C)c4=O)N=C4c5ccccc5C(=O)[C@H]43)cc2)cc1. The number of benzene rings is 3. The van der Waals surface area contributed by atoms with Crippen LogP contribution in [0.1, 0.15) is 38.5 Å². The predicted octanol–water partition coefficient (Wildman–Crippen LogP) is 3.24. The first-order valence-corrected chi connectivity index (χ1v) is 13.6. The molecule has 0 unspecified atom stereocenters. The molecule has 0 amide bonds. The number of rotatable bonds is 4. The van der Waals surface area contributed by atoms with E-state index < -0.39 is 33.2 Å². The third kappa shape index (κ3) is 3.78. The molecule has 4 aromatic rings. The average Bonchev–Trinajstić information content (AvgIpc) is 3.22. The predicted molar refractivity (Wildman–Crippen MR) is 145 cm³/mol. The lowest BCUT2D eigenvalue weighted by atomic mass is 9.76. The topological polar surface area (TPSA) is 117 Å². The van der Waals surface area contributed by atoms with Crippen LogP contribution in [-0.2, 0) is 24.2 Å². The van der Waals surface area contributed by atoms with Gasteiger partial charge in [-0.1, -0.05) is 54.1 Å². The summed E-state index contributed by atoms with van der Waals surface area (Å²) in [7, 11) is -1.14. The highest BCUT2D eigenvalue weighted by atomic mass is 32.2. The minimum atomic E-state index is -4.06. The first kappa shape index (κ1) is 24.7. The molecule has 0 spiro atoms. The number of ketones is 1. The van der Waals surface area contributed by atoms with Gasteiger partial charge in [0.1, 0.15) is 16.5 Å². The molecular weight excluding hydrogens is 518 g/mol. The number of aryl methyl sites for hydroxylation is 1. The Bertz CT molecular complexity index is 1940. The molecule has 0 N–H and O–H groups in total. The van der Waals surface area contributed by atoms with Crippen LogP contribution in [0.4, 0.5) is 5.82 Å². The average molecular weight is 542 g/mol. The molecule has 0 fully saturated rings. The van der Waals surface area contributed by atoms with E-state index in [1.54, 1.807) is 42.5 Å². The Hall–Kier alpha value is -4.57. The molecule has 0 bridgehead atoms. The van der Waals surface area contributed by atoms with Gasteiger partial charge in [0, 0.05) is 31.1 Å². The van der Waals surface area contributed by atoms with Crippen LogP contribution in [0.5, 0.6) is 5.75 Å². The number of nitrogens with zero attached hydrogens (tertiary/aromatic N) is 3. The number of fused-ring (bicyclic) bond motifs is 4. The molecule has 0 radical (unpaired) electrons. The first-order valence-electron chi connectivity index (χ1n) is 12.2. The zero-order valence-electron chi connectivity index (χ0n) is 21.3. The quantitative estimate of drug-likeness (QED) is 0.366. The number of carbonyl (C=O) groups excluding carboxylic acids is 1. The number of aromatic nitrogens is 2. The van der Waals surface area contributed by atoms with E-state index in [1.807, 2.05) is 13.0 Å². The van der Waals surface area contributed by atoms with Crippen molar-refractivity contribution in [1.82, 2.24) is 9.13 Å². The third-order valence-corrected chi connectivity index (χ3v) is 8.60. The van der Waals surface area contributed by atoms with Crippen molar-refractivity contribution in [1.29, 1.82) is 0 Å². The van der Waals surface area contributed by atoms with E-state index >= 15 is 0 Å². The lowest BCUT2D eigenvalue weighted by Gasteiger charge is -2.30. The molecule has 10 heteroatoms. The van der Waals surface area contributed by atoms with Crippen molar-refractivity contribution in [2.24, 2.45) is 25.0 Å². The molecule has 0 saturated heterocycles. The molecule has 6 rings (SSSR count). The number of hydrogen-bond acceptors (Lipinski definition) is 7. The largest absolute Gasteiger partial charge is 0.379 e. The second kappa shape index (κ2) is 8.74. The fourth-order valence-electron chi connectivity index (χ4n) is 5.34. The van der Waals surface area contributed by atoms with E-state index in [-0.39, 0.29) is 27.8 Å². The lowest BCUT2D eigenvalue weighted by Crippen LogP contribution is -2.43. The van der Waals surface area contributed by atoms with E-state index in [0.717, 1.165) is 10.1 Å². The van der Waals surface area contributed by atoms with Crippen molar-refractivity contribution < 1.29 is 17.4 Å². The van der Waals surface area contributed by atoms with Crippen molar-refractivity contribution >= 4 is 27.4 Å². The fourth-order valence-corrected chi connectivity index (χ4v) is 6.27. The Kier molecular flexibility index (Phi) is 5.55. The normalized spacial score (nSPS) is 17.7. The van der Waals surface area contributed by atoms with Crippen molar-refractivity contribution in [3.8, 4) is 5.75 Å². The summed E-state index contributed by atoms with van der Waals surface area (Å²) in [6.07, 6.45) is 0. The second-order valence-electron chi connectivity index (χ2n) is 9.72. The van der Waals surface area contributed by atoms with Crippen LogP contribution in [0.2, 0.25) is 0 Å². The van der Waals surface area contributed by atoms with Gasteiger partial charge in [0.2, 0.25) is 0 Å². The van der Waals surface area contributed by atoms with Gasteiger partial charge < -0.3 is 4.18 Å². The number of hydrogen-bond donors (Lipinski definition) is 0. The standard InChI is InChI=1S/C29H23N3O6S/c1-16-8-14-19(15-9-16)39(36,37)38-18-12-10-17(11-13-18)22-23-25(20-6-4-5-7-21(20)26(23)33)30-27-24(22)28(34)32(3)29(35)31(27)2/h4-15,22-23H,1-3H3/t22-,23-/m0/s1. The van der Waals surface area contributed by atoms with E-state index in [0.29, 0.717) is 22.4 Å². The van der Waals surface area contributed by atoms with Gasteiger partial charge in [-0.3, -0.25) is 18.7 Å². The highest BCUT2D eigenvalue weighted by Crippen LogP contribution is 2.46. The number of aliphatic imine (C=N–C) groups is 1. The van der Waals surface area contributed by atoms with Crippen LogP contribution in [0.15, 0.2) is 92.3 Å². The first-order chi connectivity index (χ1) is 18.6. The second-order valence-corrected chi connectivity index (χ2v) is 11.3. The Morgan fingerprint density at radius 1 is 0.795 bits per heavy atom. The highest BCUT2D eigenvalue weighted by molar-refractivity contribution is 7.87. The smallest absolute Gasteiger partial charge is 0.339 e. The molecule has 1 aliphatic carbocycles. The maximum atomic E-state index is 13.6. The van der Waals surface area contributed by atoms with Crippen LogP contribution >= 0.6 is 0 Å². The lowest BCUT2D eigenvalue weighted by molar-refractivity contribution is 0.0953. The van der Waals surface area contributed by atoms with Gasteiger partial charge in [-0.05, 0) is 36.8 Å². The molecule has 39 heavy (non-hydrogen) atoms. The third-order valence-electron chi connectivity index (χ3n) is 7.34. The summed E-state index contributed by atoms with van der Waals surface area (Å²) >= 11 is 0. The molecule has 9 nitrogen and oxygen atoms in total. The van der Waals surface area contributed by atoms with Gasteiger partial charge in [0.25, 0.3) is 5.56 Å². The van der Waals surface area contributed by atoms with Crippen molar-refractivity contribution in [3.05, 3.63) is 121 Å². The van der Waals surface area contributed by atoms with Gasteiger partial charge in [-0.25, -0.2) is 9.79 Å². The Morgan fingerprint density at radius 2 is 1.44 bits per heavy atom. The summed E-state index contributed by atoms with van der Waals surface area (Å²) in [5.74, 6) is -1.41. The molecule has 196 valence electrons. The van der Waals surface area contributed by atoms with Gasteiger partial charge in [0.15, 0.2) is 5.78 Å². The minimum absolute atomic E-state index is 0.0259. The Balaban J connectivity index is 1.47. The van der Waals surface area contributed by atoms with E-state index in [4.69, 9.17) is 4.18 Å². The summed E-state index contributed by atoms with van der Waals surface area (Å²) in [6.45, 7) is 1.86. The summed E-state index contributed by atoms with van der Waals surface area (Å²) < 4.78 is 33.2. The van der Waals surface area contributed by atoms with Gasteiger partial charge in [0.05, 0.1) is 17.2 Å². The van der Waals surface area contributed by atoms with Crippen LogP contribution in [0.3, 0.4) is 0 Å². The van der Waals surface area contributed by atoms with E-state index in [9.17, 15) is 22.8 Å². The zero-order chi connectivity index (χ0) is 27.6. The number of Topliss-reactive ketones (excluding diaryl/α,β-unsaturated/α-hetero) is 1. The molecular formula is C29H23N3O6S. The monoisotopic (exact) mass is 541 g/mol. The molecule has 0 saturated carbocycles. The Labute approximate surface area is 223 Å².